The van der Waals surface area contributed by atoms with E-state index >= 15 is 0 Å². The minimum absolute atomic E-state index is 0.0221. The van der Waals surface area contributed by atoms with Crippen molar-refractivity contribution < 1.29 is 14.6 Å². The molecular formula is C13H16BrNO3. The average Bonchev–Trinajstić information content (AvgIpc) is 2.79. The van der Waals surface area contributed by atoms with Gasteiger partial charge in [0.05, 0.1) is 6.10 Å². The van der Waals surface area contributed by atoms with Crippen LogP contribution in [-0.4, -0.2) is 29.8 Å². The molecule has 0 amide bonds. The summed E-state index contributed by atoms with van der Waals surface area (Å²) in [6.07, 6.45) is 0.726. The molecule has 5 heteroatoms. The van der Waals surface area contributed by atoms with Crippen molar-refractivity contribution in [2.75, 3.05) is 11.9 Å². The largest absolute Gasteiger partial charge is 0.479 e. The van der Waals surface area contributed by atoms with Crippen molar-refractivity contribution in [3.8, 4) is 0 Å². The van der Waals surface area contributed by atoms with Gasteiger partial charge in [-0.3, -0.25) is 0 Å². The van der Waals surface area contributed by atoms with Crippen LogP contribution >= 0.6 is 15.9 Å². The predicted octanol–water partition coefficient (Wildman–Crippen LogP) is 2.80. The third-order valence-electron chi connectivity index (χ3n) is 3.09. The quantitative estimate of drug-likeness (QED) is 0.897. The van der Waals surface area contributed by atoms with Gasteiger partial charge in [-0.2, -0.15) is 0 Å². The summed E-state index contributed by atoms with van der Waals surface area (Å²) in [4.78, 5) is 10.8. The van der Waals surface area contributed by atoms with Crippen LogP contribution in [0.3, 0.4) is 0 Å². The number of halogens is 1. The van der Waals surface area contributed by atoms with Crippen molar-refractivity contribution >= 4 is 27.6 Å². The maximum atomic E-state index is 10.8. The Kier molecular flexibility index (Phi) is 4.24. The highest BCUT2D eigenvalue weighted by atomic mass is 79.9. The maximum Gasteiger partial charge on any atom is 0.332 e. The summed E-state index contributed by atoms with van der Waals surface area (Å²) in [5.41, 5.74) is 2.19. The van der Waals surface area contributed by atoms with Crippen LogP contribution in [0.2, 0.25) is 0 Å². The monoisotopic (exact) mass is 313 g/mol. The normalized spacial score (nSPS) is 23.0. The van der Waals surface area contributed by atoms with Crippen LogP contribution in [0, 0.1) is 6.92 Å². The number of benzene rings is 1. The van der Waals surface area contributed by atoms with E-state index in [2.05, 4.69) is 21.2 Å². The highest BCUT2D eigenvalue weighted by molar-refractivity contribution is 9.10. The lowest BCUT2D eigenvalue weighted by Gasteiger charge is -2.13. The SMILES string of the molecule is Cc1ccc(NCC2CCC(C(=O)O)O2)cc1Br. The van der Waals surface area contributed by atoms with Gasteiger partial charge in [-0.15, -0.1) is 0 Å². The molecule has 1 aromatic rings. The molecule has 2 N–H and O–H groups in total. The minimum atomic E-state index is -0.865. The third-order valence-corrected chi connectivity index (χ3v) is 3.94. The Bertz CT molecular complexity index is 450. The molecule has 1 heterocycles. The topological polar surface area (TPSA) is 58.6 Å². The van der Waals surface area contributed by atoms with Crippen LogP contribution in [0.1, 0.15) is 18.4 Å². The van der Waals surface area contributed by atoms with Gasteiger partial charge in [0, 0.05) is 16.7 Å². The lowest BCUT2D eigenvalue weighted by Crippen LogP contribution is -2.24. The summed E-state index contributed by atoms with van der Waals surface area (Å²) in [5, 5.41) is 12.1. The molecule has 0 aliphatic carbocycles. The molecule has 0 bridgehead atoms. The van der Waals surface area contributed by atoms with Gasteiger partial charge in [0.25, 0.3) is 0 Å². The molecule has 0 saturated carbocycles. The lowest BCUT2D eigenvalue weighted by molar-refractivity contribution is -0.149. The standard InChI is InChI=1S/C13H16BrNO3/c1-8-2-3-9(6-11(8)14)15-7-10-4-5-12(18-10)13(16)17/h2-3,6,10,12,15H,4-5,7H2,1H3,(H,16,17). The second-order valence-electron chi connectivity index (χ2n) is 4.51. The number of carboxylic acid groups (broad SMARTS) is 1. The number of rotatable bonds is 4. The fourth-order valence-electron chi connectivity index (χ4n) is 1.97. The molecule has 0 spiro atoms. The van der Waals surface area contributed by atoms with Crippen molar-refractivity contribution in [3.05, 3.63) is 28.2 Å². The second kappa shape index (κ2) is 5.71. The predicted molar refractivity (Wildman–Crippen MR) is 72.9 cm³/mol. The molecule has 4 nitrogen and oxygen atoms in total. The lowest BCUT2D eigenvalue weighted by atomic mass is 10.2. The Hall–Kier alpha value is -1.07. The summed E-state index contributed by atoms with van der Waals surface area (Å²) in [6.45, 7) is 2.67. The van der Waals surface area contributed by atoms with Crippen molar-refractivity contribution in [2.24, 2.45) is 0 Å². The van der Waals surface area contributed by atoms with E-state index in [1.54, 1.807) is 0 Å². The number of aryl methyl sites for hydroxylation is 1. The van der Waals surface area contributed by atoms with Gasteiger partial charge < -0.3 is 15.2 Å². The zero-order valence-electron chi connectivity index (χ0n) is 10.1. The Morgan fingerprint density at radius 2 is 2.33 bits per heavy atom. The zero-order valence-corrected chi connectivity index (χ0v) is 11.7. The van der Waals surface area contributed by atoms with Crippen LogP contribution in [0.4, 0.5) is 5.69 Å². The van der Waals surface area contributed by atoms with Gasteiger partial charge in [0.1, 0.15) is 0 Å². The van der Waals surface area contributed by atoms with Gasteiger partial charge in [-0.05, 0) is 37.5 Å². The van der Waals surface area contributed by atoms with Gasteiger partial charge in [-0.1, -0.05) is 22.0 Å². The van der Waals surface area contributed by atoms with Crippen molar-refractivity contribution in [1.29, 1.82) is 0 Å². The van der Waals surface area contributed by atoms with Gasteiger partial charge >= 0.3 is 5.97 Å². The maximum absolute atomic E-state index is 10.8. The van der Waals surface area contributed by atoms with Crippen molar-refractivity contribution in [1.82, 2.24) is 0 Å². The van der Waals surface area contributed by atoms with E-state index in [0.29, 0.717) is 13.0 Å². The number of hydrogen-bond acceptors (Lipinski definition) is 3. The molecule has 2 atom stereocenters. The first kappa shape index (κ1) is 13.4. The number of hydrogen-bond donors (Lipinski definition) is 2. The van der Waals surface area contributed by atoms with Gasteiger partial charge in [0.15, 0.2) is 6.10 Å². The molecule has 1 aromatic carbocycles. The smallest absolute Gasteiger partial charge is 0.332 e. The molecule has 1 aliphatic rings. The van der Waals surface area contributed by atoms with Gasteiger partial charge in [-0.25, -0.2) is 4.79 Å². The second-order valence-corrected chi connectivity index (χ2v) is 5.36. The van der Waals surface area contributed by atoms with Crippen LogP contribution in [-0.2, 0) is 9.53 Å². The number of carboxylic acids is 1. The van der Waals surface area contributed by atoms with E-state index < -0.39 is 12.1 Å². The summed E-state index contributed by atoms with van der Waals surface area (Å²) in [7, 11) is 0. The van der Waals surface area contributed by atoms with E-state index in [1.807, 2.05) is 25.1 Å². The Balaban J connectivity index is 1.85. The number of nitrogens with one attached hydrogen (secondary N) is 1. The number of carbonyl (C=O) groups is 1. The first-order chi connectivity index (χ1) is 8.56. The van der Waals surface area contributed by atoms with Crippen LogP contribution in [0.25, 0.3) is 0 Å². The molecule has 98 valence electrons. The summed E-state index contributed by atoms with van der Waals surface area (Å²) < 4.78 is 6.48. The fourth-order valence-corrected chi connectivity index (χ4v) is 2.35. The minimum Gasteiger partial charge on any atom is -0.479 e. The van der Waals surface area contributed by atoms with Crippen LogP contribution in [0.15, 0.2) is 22.7 Å². The van der Waals surface area contributed by atoms with E-state index in [4.69, 9.17) is 9.84 Å². The summed E-state index contributed by atoms with van der Waals surface area (Å²) >= 11 is 3.48. The van der Waals surface area contributed by atoms with E-state index in [9.17, 15) is 4.79 Å². The van der Waals surface area contributed by atoms with Crippen LogP contribution < -0.4 is 5.32 Å². The van der Waals surface area contributed by atoms with E-state index in [0.717, 1.165) is 16.6 Å². The molecule has 1 fully saturated rings. The zero-order chi connectivity index (χ0) is 13.1. The molecule has 2 rings (SSSR count). The molecule has 18 heavy (non-hydrogen) atoms. The highest BCUT2D eigenvalue weighted by Gasteiger charge is 2.30. The number of aliphatic carboxylic acids is 1. The Morgan fingerprint density at radius 1 is 1.56 bits per heavy atom. The number of ether oxygens (including phenoxy) is 1. The van der Waals surface area contributed by atoms with E-state index in [1.165, 1.54) is 5.56 Å². The fraction of sp³-hybridized carbons (Fsp3) is 0.462. The molecule has 1 aliphatic heterocycles. The summed E-state index contributed by atoms with van der Waals surface area (Å²) in [6, 6.07) is 6.05. The van der Waals surface area contributed by atoms with E-state index in [-0.39, 0.29) is 6.10 Å². The molecular weight excluding hydrogens is 298 g/mol. The molecule has 2 unspecified atom stereocenters. The highest BCUT2D eigenvalue weighted by Crippen LogP contribution is 2.23. The van der Waals surface area contributed by atoms with Crippen molar-refractivity contribution in [3.63, 3.8) is 0 Å². The molecule has 0 radical (unpaired) electrons. The number of anilines is 1. The molecule has 1 saturated heterocycles. The average molecular weight is 314 g/mol. The van der Waals surface area contributed by atoms with Gasteiger partial charge in [0.2, 0.25) is 0 Å². The van der Waals surface area contributed by atoms with Crippen molar-refractivity contribution in [2.45, 2.75) is 32.0 Å². The van der Waals surface area contributed by atoms with Crippen LogP contribution in [0.5, 0.6) is 0 Å². The first-order valence-electron chi connectivity index (χ1n) is 5.94. The Labute approximate surface area is 114 Å². The molecule has 0 aromatic heterocycles. The first-order valence-corrected chi connectivity index (χ1v) is 6.74. The third kappa shape index (κ3) is 3.23. The Morgan fingerprint density at radius 3 is 2.94 bits per heavy atom. The summed E-state index contributed by atoms with van der Waals surface area (Å²) in [5.74, 6) is -0.865.